The molecule has 0 aliphatic rings. The molecule has 0 unspecified atom stereocenters. The first-order chi connectivity index (χ1) is 11.5. The second-order valence-corrected chi connectivity index (χ2v) is 5.97. The highest BCUT2D eigenvalue weighted by Gasteiger charge is 2.16. The summed E-state index contributed by atoms with van der Waals surface area (Å²) in [6.45, 7) is 2.24. The number of nitrogens with zero attached hydrogens (tertiary/aromatic N) is 3. The smallest absolute Gasteiger partial charge is 0.254 e. The first-order valence-electron chi connectivity index (χ1n) is 7.43. The third-order valence-corrected chi connectivity index (χ3v) is 3.79. The summed E-state index contributed by atoms with van der Waals surface area (Å²) in [5.41, 5.74) is 2.52. The molecule has 0 bridgehead atoms. The highest BCUT2D eigenvalue weighted by atomic mass is 35.5. The normalized spacial score (nSPS) is 10.6. The second kappa shape index (κ2) is 6.84. The third kappa shape index (κ3) is 3.63. The summed E-state index contributed by atoms with van der Waals surface area (Å²) in [5, 5.41) is 8.57. The number of carbonyl (C=O) groups is 1. The van der Waals surface area contributed by atoms with Gasteiger partial charge in [0.1, 0.15) is 0 Å². The summed E-state index contributed by atoms with van der Waals surface area (Å²) >= 11 is 5.92. The monoisotopic (exact) mass is 341 g/mol. The highest BCUT2D eigenvalue weighted by molar-refractivity contribution is 6.30. The van der Waals surface area contributed by atoms with Crippen LogP contribution in [0, 0.1) is 6.92 Å². The Morgan fingerprint density at radius 3 is 2.62 bits per heavy atom. The Morgan fingerprint density at radius 2 is 1.92 bits per heavy atom. The SMILES string of the molecule is Cc1ccc(-c2nnc(CN(C)C(=O)c3cccc(Cl)c3)o2)cc1. The Labute approximate surface area is 144 Å². The molecule has 24 heavy (non-hydrogen) atoms. The van der Waals surface area contributed by atoms with Crippen molar-refractivity contribution in [2.24, 2.45) is 0 Å². The maximum Gasteiger partial charge on any atom is 0.254 e. The summed E-state index contributed by atoms with van der Waals surface area (Å²) in [4.78, 5) is 13.9. The Hall–Kier alpha value is -2.66. The Balaban J connectivity index is 1.72. The standard InChI is InChI=1S/C18H16ClN3O2/c1-12-6-8-13(9-7-12)17-21-20-16(24-17)11-22(2)18(23)14-4-3-5-15(19)10-14/h3-10H,11H2,1-2H3. The number of hydrogen-bond acceptors (Lipinski definition) is 4. The van der Waals surface area contributed by atoms with E-state index in [2.05, 4.69) is 10.2 Å². The average molecular weight is 342 g/mol. The summed E-state index contributed by atoms with van der Waals surface area (Å²) in [7, 11) is 1.68. The van der Waals surface area contributed by atoms with E-state index in [4.69, 9.17) is 16.0 Å². The van der Waals surface area contributed by atoms with Crippen LogP contribution in [-0.2, 0) is 6.54 Å². The van der Waals surface area contributed by atoms with Crippen LogP contribution in [0.5, 0.6) is 0 Å². The molecule has 0 saturated carbocycles. The zero-order valence-corrected chi connectivity index (χ0v) is 14.1. The van der Waals surface area contributed by atoms with Gasteiger partial charge in [-0.2, -0.15) is 0 Å². The molecular weight excluding hydrogens is 326 g/mol. The Bertz CT molecular complexity index is 859. The van der Waals surface area contributed by atoms with E-state index in [0.29, 0.717) is 22.4 Å². The van der Waals surface area contributed by atoms with Crippen molar-refractivity contribution in [3.05, 3.63) is 70.6 Å². The molecule has 0 saturated heterocycles. The summed E-state index contributed by atoms with van der Waals surface area (Å²) in [6, 6.07) is 14.6. The minimum Gasteiger partial charge on any atom is -0.419 e. The molecule has 1 heterocycles. The molecular formula is C18H16ClN3O2. The van der Waals surface area contributed by atoms with Gasteiger partial charge in [0.2, 0.25) is 11.8 Å². The molecule has 3 rings (SSSR count). The van der Waals surface area contributed by atoms with Crippen molar-refractivity contribution in [2.45, 2.75) is 13.5 Å². The summed E-state index contributed by atoms with van der Waals surface area (Å²) in [5.74, 6) is 0.657. The van der Waals surface area contributed by atoms with Gasteiger partial charge in [0, 0.05) is 23.2 Å². The van der Waals surface area contributed by atoms with Gasteiger partial charge in [0.25, 0.3) is 5.91 Å². The summed E-state index contributed by atoms with van der Waals surface area (Å²) in [6.07, 6.45) is 0. The van der Waals surface area contributed by atoms with Gasteiger partial charge in [-0.05, 0) is 37.3 Å². The van der Waals surface area contributed by atoms with E-state index in [0.717, 1.165) is 11.1 Å². The lowest BCUT2D eigenvalue weighted by atomic mass is 10.1. The number of aromatic nitrogens is 2. The van der Waals surface area contributed by atoms with Crippen molar-refractivity contribution in [3.8, 4) is 11.5 Å². The number of rotatable bonds is 4. The number of carbonyl (C=O) groups excluding carboxylic acids is 1. The lowest BCUT2D eigenvalue weighted by molar-refractivity contribution is 0.0773. The molecule has 0 radical (unpaired) electrons. The van der Waals surface area contributed by atoms with Crippen molar-refractivity contribution in [1.29, 1.82) is 0 Å². The first-order valence-corrected chi connectivity index (χ1v) is 7.81. The van der Waals surface area contributed by atoms with Crippen LogP contribution >= 0.6 is 11.6 Å². The fourth-order valence-electron chi connectivity index (χ4n) is 2.25. The lowest BCUT2D eigenvalue weighted by Crippen LogP contribution is -2.26. The van der Waals surface area contributed by atoms with Crippen molar-refractivity contribution < 1.29 is 9.21 Å². The van der Waals surface area contributed by atoms with Crippen LogP contribution in [0.3, 0.4) is 0 Å². The van der Waals surface area contributed by atoms with E-state index in [9.17, 15) is 4.79 Å². The molecule has 0 N–H and O–H groups in total. The first kappa shape index (κ1) is 16.2. The molecule has 6 heteroatoms. The second-order valence-electron chi connectivity index (χ2n) is 5.54. The van der Waals surface area contributed by atoms with Gasteiger partial charge in [-0.15, -0.1) is 10.2 Å². The van der Waals surface area contributed by atoms with Gasteiger partial charge < -0.3 is 9.32 Å². The van der Waals surface area contributed by atoms with E-state index >= 15 is 0 Å². The van der Waals surface area contributed by atoms with E-state index < -0.39 is 0 Å². The Morgan fingerprint density at radius 1 is 1.17 bits per heavy atom. The van der Waals surface area contributed by atoms with Gasteiger partial charge in [-0.3, -0.25) is 4.79 Å². The maximum atomic E-state index is 12.4. The maximum absolute atomic E-state index is 12.4. The number of hydrogen-bond donors (Lipinski definition) is 0. The van der Waals surface area contributed by atoms with Crippen LogP contribution in [0.1, 0.15) is 21.8 Å². The average Bonchev–Trinajstić information content (AvgIpc) is 3.03. The largest absolute Gasteiger partial charge is 0.419 e. The Kier molecular flexibility index (Phi) is 4.62. The predicted molar refractivity (Wildman–Crippen MR) is 91.7 cm³/mol. The molecule has 1 aromatic heterocycles. The molecule has 0 aliphatic heterocycles. The number of halogens is 1. The minimum atomic E-state index is -0.160. The van der Waals surface area contributed by atoms with Crippen molar-refractivity contribution in [2.75, 3.05) is 7.05 Å². The van der Waals surface area contributed by atoms with Crippen LogP contribution in [0.15, 0.2) is 52.9 Å². The van der Waals surface area contributed by atoms with Gasteiger partial charge in [-0.25, -0.2) is 0 Å². The van der Waals surface area contributed by atoms with Crippen LogP contribution in [0.2, 0.25) is 5.02 Å². The molecule has 1 amide bonds. The van der Waals surface area contributed by atoms with Crippen molar-refractivity contribution in [1.82, 2.24) is 15.1 Å². The molecule has 5 nitrogen and oxygen atoms in total. The minimum absolute atomic E-state index is 0.160. The van der Waals surface area contributed by atoms with Crippen LogP contribution in [0.4, 0.5) is 0 Å². The molecule has 0 aliphatic carbocycles. The zero-order chi connectivity index (χ0) is 17.1. The van der Waals surface area contributed by atoms with E-state index in [1.165, 1.54) is 4.90 Å². The molecule has 2 aromatic carbocycles. The van der Waals surface area contributed by atoms with Crippen LogP contribution in [0.25, 0.3) is 11.5 Å². The van der Waals surface area contributed by atoms with E-state index in [1.807, 2.05) is 31.2 Å². The topological polar surface area (TPSA) is 59.2 Å². The highest BCUT2D eigenvalue weighted by Crippen LogP contribution is 2.19. The molecule has 122 valence electrons. The molecule has 0 fully saturated rings. The zero-order valence-electron chi connectivity index (χ0n) is 13.4. The number of benzene rings is 2. The quantitative estimate of drug-likeness (QED) is 0.720. The van der Waals surface area contributed by atoms with Crippen molar-refractivity contribution in [3.63, 3.8) is 0 Å². The van der Waals surface area contributed by atoms with Gasteiger partial charge >= 0.3 is 0 Å². The van der Waals surface area contributed by atoms with E-state index in [1.54, 1.807) is 31.3 Å². The molecule has 0 atom stereocenters. The third-order valence-electron chi connectivity index (χ3n) is 3.56. The predicted octanol–water partition coefficient (Wildman–Crippen LogP) is 3.97. The fourth-order valence-corrected chi connectivity index (χ4v) is 2.44. The summed E-state index contributed by atoms with van der Waals surface area (Å²) < 4.78 is 5.65. The fraction of sp³-hybridized carbons (Fsp3) is 0.167. The molecule has 0 spiro atoms. The van der Waals surface area contributed by atoms with Crippen molar-refractivity contribution >= 4 is 17.5 Å². The number of aryl methyl sites for hydroxylation is 1. The number of amides is 1. The van der Waals surface area contributed by atoms with Gasteiger partial charge in [0.05, 0.1) is 6.54 Å². The van der Waals surface area contributed by atoms with Crippen LogP contribution < -0.4 is 0 Å². The van der Waals surface area contributed by atoms with E-state index in [-0.39, 0.29) is 12.5 Å². The van der Waals surface area contributed by atoms with Crippen LogP contribution in [-0.4, -0.2) is 28.1 Å². The van der Waals surface area contributed by atoms with Gasteiger partial charge in [-0.1, -0.05) is 35.4 Å². The lowest BCUT2D eigenvalue weighted by Gasteiger charge is -2.14. The van der Waals surface area contributed by atoms with Gasteiger partial charge in [0.15, 0.2) is 0 Å². The molecule has 3 aromatic rings.